The van der Waals surface area contributed by atoms with Crippen LogP contribution in [0.3, 0.4) is 0 Å². The largest absolute Gasteiger partial charge is 0.406 e. The monoisotopic (exact) mass is 444 g/mol. The lowest BCUT2D eigenvalue weighted by atomic mass is 9.49. The summed E-state index contributed by atoms with van der Waals surface area (Å²) in [6.07, 6.45) is 6.92. The fourth-order valence-corrected chi connectivity index (χ4v) is 7.54. The second-order valence-electron chi connectivity index (χ2n) is 9.97. The standard InChI is InChI=1S/C27H28N2O2S/c1-18-24(32-23-10-6-3-7-11-23)25(29(28-18)22-8-4-2-5-9-22)31-26(30)27-15-19-12-20(16-27)14-21(13-19)17-27/h2-11,19-21H,12-17H2,1H3. The maximum absolute atomic E-state index is 13.8. The second-order valence-corrected chi connectivity index (χ2v) is 11.1. The van der Waals surface area contributed by atoms with Gasteiger partial charge in [-0.1, -0.05) is 48.2 Å². The highest BCUT2D eigenvalue weighted by Crippen LogP contribution is 2.60. The predicted molar refractivity (Wildman–Crippen MR) is 125 cm³/mol. The molecular formula is C27H28N2O2S. The van der Waals surface area contributed by atoms with E-state index in [2.05, 4.69) is 12.1 Å². The Morgan fingerprint density at radius 3 is 2.09 bits per heavy atom. The van der Waals surface area contributed by atoms with Crippen LogP contribution >= 0.6 is 11.8 Å². The van der Waals surface area contributed by atoms with E-state index in [1.165, 1.54) is 19.3 Å². The summed E-state index contributed by atoms with van der Waals surface area (Å²) in [6.45, 7) is 1.99. The Hall–Kier alpha value is -2.53. The smallest absolute Gasteiger partial charge is 0.318 e. The SMILES string of the molecule is Cc1nn(-c2ccccc2)c(OC(=O)C23CC4CC(CC(C4)C2)C3)c1Sc1ccccc1. The maximum atomic E-state index is 13.8. The Bertz CT molecular complexity index is 1100. The molecule has 4 bridgehead atoms. The number of carbonyl (C=O) groups excluding carboxylic acids is 1. The van der Waals surface area contributed by atoms with Crippen LogP contribution in [0.4, 0.5) is 0 Å². The number of esters is 1. The number of carbonyl (C=O) groups is 1. The van der Waals surface area contributed by atoms with Crippen molar-refractivity contribution in [3.05, 3.63) is 66.4 Å². The van der Waals surface area contributed by atoms with Crippen molar-refractivity contribution in [3.8, 4) is 11.6 Å². The van der Waals surface area contributed by atoms with Crippen LogP contribution in [0, 0.1) is 30.1 Å². The summed E-state index contributed by atoms with van der Waals surface area (Å²) in [5, 5.41) is 4.80. The third kappa shape index (κ3) is 3.47. The van der Waals surface area contributed by atoms with Crippen molar-refractivity contribution in [2.24, 2.45) is 23.2 Å². The normalized spacial score (nSPS) is 28.1. The molecule has 1 aromatic heterocycles. The van der Waals surface area contributed by atoms with Gasteiger partial charge >= 0.3 is 5.97 Å². The molecule has 0 aliphatic heterocycles. The van der Waals surface area contributed by atoms with Crippen molar-refractivity contribution in [1.29, 1.82) is 0 Å². The minimum absolute atomic E-state index is 0.0383. The highest BCUT2D eigenvalue weighted by molar-refractivity contribution is 7.99. The summed E-state index contributed by atoms with van der Waals surface area (Å²) in [4.78, 5) is 15.8. The minimum Gasteiger partial charge on any atom is -0.406 e. The van der Waals surface area contributed by atoms with E-state index in [0.717, 1.165) is 40.4 Å². The average molecular weight is 445 g/mol. The molecule has 4 aliphatic carbocycles. The van der Waals surface area contributed by atoms with Crippen LogP contribution in [-0.4, -0.2) is 15.7 Å². The molecule has 4 aliphatic rings. The van der Waals surface area contributed by atoms with Gasteiger partial charge in [-0.05, 0) is 87.5 Å². The Balaban J connectivity index is 1.38. The van der Waals surface area contributed by atoms with Crippen molar-refractivity contribution in [2.45, 2.75) is 55.2 Å². The quantitative estimate of drug-likeness (QED) is 0.424. The molecule has 0 unspecified atom stereocenters. The topological polar surface area (TPSA) is 44.1 Å². The number of benzene rings is 2. The predicted octanol–water partition coefficient (Wildman–Crippen LogP) is 6.45. The number of ether oxygens (including phenoxy) is 1. The summed E-state index contributed by atoms with van der Waals surface area (Å²) in [5.74, 6) is 2.63. The van der Waals surface area contributed by atoms with Crippen molar-refractivity contribution in [3.63, 3.8) is 0 Å². The average Bonchev–Trinajstić information content (AvgIpc) is 3.09. The van der Waals surface area contributed by atoms with Crippen LogP contribution in [0.25, 0.3) is 5.69 Å². The third-order valence-electron chi connectivity index (χ3n) is 7.59. The van der Waals surface area contributed by atoms with E-state index in [9.17, 15) is 4.79 Å². The molecule has 0 amide bonds. The van der Waals surface area contributed by atoms with E-state index in [1.807, 2.05) is 55.5 Å². The minimum atomic E-state index is -0.302. The first-order valence-electron chi connectivity index (χ1n) is 11.7. The van der Waals surface area contributed by atoms with Gasteiger partial charge in [-0.15, -0.1) is 0 Å². The van der Waals surface area contributed by atoms with Gasteiger partial charge in [-0.25, -0.2) is 0 Å². The van der Waals surface area contributed by atoms with E-state index in [1.54, 1.807) is 16.4 Å². The molecule has 3 aromatic rings. The number of hydrogen-bond acceptors (Lipinski definition) is 4. The number of nitrogens with zero attached hydrogens (tertiary/aromatic N) is 2. The summed E-state index contributed by atoms with van der Waals surface area (Å²) in [6, 6.07) is 20.2. The van der Waals surface area contributed by atoms with Gasteiger partial charge < -0.3 is 4.74 Å². The molecule has 4 saturated carbocycles. The number of aryl methyl sites for hydroxylation is 1. The van der Waals surface area contributed by atoms with Gasteiger partial charge in [0.15, 0.2) is 0 Å². The van der Waals surface area contributed by atoms with Crippen LogP contribution < -0.4 is 4.74 Å². The van der Waals surface area contributed by atoms with E-state index in [-0.39, 0.29) is 11.4 Å². The fourth-order valence-electron chi connectivity index (χ4n) is 6.61. The molecule has 0 saturated heterocycles. The van der Waals surface area contributed by atoms with Gasteiger partial charge in [0.2, 0.25) is 5.88 Å². The molecule has 0 atom stereocenters. The maximum Gasteiger partial charge on any atom is 0.318 e. The van der Waals surface area contributed by atoms with Crippen LogP contribution in [0.1, 0.15) is 44.2 Å². The first-order chi connectivity index (χ1) is 15.6. The first-order valence-corrected chi connectivity index (χ1v) is 12.5. The molecule has 1 heterocycles. The second kappa shape index (κ2) is 7.80. The zero-order valence-corrected chi connectivity index (χ0v) is 19.2. The molecule has 0 N–H and O–H groups in total. The summed E-state index contributed by atoms with van der Waals surface area (Å²) >= 11 is 1.61. The highest BCUT2D eigenvalue weighted by Gasteiger charge is 2.56. The molecule has 4 nitrogen and oxygen atoms in total. The van der Waals surface area contributed by atoms with E-state index >= 15 is 0 Å². The van der Waals surface area contributed by atoms with Gasteiger partial charge in [-0.3, -0.25) is 4.79 Å². The van der Waals surface area contributed by atoms with Gasteiger partial charge in [-0.2, -0.15) is 9.78 Å². The molecule has 5 heteroatoms. The van der Waals surface area contributed by atoms with Crippen LogP contribution in [0.15, 0.2) is 70.5 Å². The molecule has 0 spiro atoms. The molecule has 2 aromatic carbocycles. The molecule has 164 valence electrons. The molecule has 4 fully saturated rings. The number of para-hydroxylation sites is 1. The lowest BCUT2D eigenvalue weighted by Crippen LogP contribution is -2.51. The van der Waals surface area contributed by atoms with Gasteiger partial charge in [0.05, 0.1) is 21.7 Å². The van der Waals surface area contributed by atoms with Gasteiger partial charge in [0.25, 0.3) is 0 Å². The van der Waals surface area contributed by atoms with E-state index in [4.69, 9.17) is 9.84 Å². The molecule has 32 heavy (non-hydrogen) atoms. The van der Waals surface area contributed by atoms with Gasteiger partial charge in [0.1, 0.15) is 0 Å². The summed E-state index contributed by atoms with van der Waals surface area (Å²) < 4.78 is 8.15. The Labute approximate surface area is 193 Å². The highest BCUT2D eigenvalue weighted by atomic mass is 32.2. The molecule has 7 rings (SSSR count). The molecular weight excluding hydrogens is 416 g/mol. The summed E-state index contributed by atoms with van der Waals surface area (Å²) in [5.41, 5.74) is 1.48. The first kappa shape index (κ1) is 20.1. The van der Waals surface area contributed by atoms with Crippen molar-refractivity contribution >= 4 is 17.7 Å². The zero-order valence-electron chi connectivity index (χ0n) is 18.4. The van der Waals surface area contributed by atoms with E-state index < -0.39 is 0 Å². The Morgan fingerprint density at radius 2 is 1.50 bits per heavy atom. The lowest BCUT2D eigenvalue weighted by Gasteiger charge is -2.55. The Kier molecular flexibility index (Phi) is 4.90. The number of hydrogen-bond donors (Lipinski definition) is 0. The van der Waals surface area contributed by atoms with Crippen molar-refractivity contribution < 1.29 is 9.53 Å². The van der Waals surface area contributed by atoms with Crippen LogP contribution in [-0.2, 0) is 4.79 Å². The zero-order chi connectivity index (χ0) is 21.7. The van der Waals surface area contributed by atoms with Crippen LogP contribution in [0.2, 0.25) is 0 Å². The summed E-state index contributed by atoms with van der Waals surface area (Å²) in [7, 11) is 0. The Morgan fingerprint density at radius 1 is 0.938 bits per heavy atom. The number of aromatic nitrogens is 2. The van der Waals surface area contributed by atoms with Crippen LogP contribution in [0.5, 0.6) is 5.88 Å². The lowest BCUT2D eigenvalue weighted by molar-refractivity contribution is -0.162. The number of rotatable bonds is 5. The third-order valence-corrected chi connectivity index (χ3v) is 8.77. The van der Waals surface area contributed by atoms with Crippen molar-refractivity contribution in [2.75, 3.05) is 0 Å². The molecule has 0 radical (unpaired) electrons. The van der Waals surface area contributed by atoms with Gasteiger partial charge in [0, 0.05) is 4.90 Å². The van der Waals surface area contributed by atoms with E-state index in [0.29, 0.717) is 23.6 Å². The van der Waals surface area contributed by atoms with Crippen molar-refractivity contribution in [1.82, 2.24) is 9.78 Å². The fraction of sp³-hybridized carbons (Fsp3) is 0.407.